The molecule has 0 fully saturated rings. The van der Waals surface area contributed by atoms with Crippen LogP contribution in [-0.4, -0.2) is 15.5 Å². The van der Waals surface area contributed by atoms with Gasteiger partial charge in [-0.3, -0.25) is 9.59 Å². The van der Waals surface area contributed by atoms with Gasteiger partial charge in [0.25, 0.3) is 11.5 Å². The van der Waals surface area contributed by atoms with E-state index in [0.717, 1.165) is 15.3 Å². The Morgan fingerprint density at radius 2 is 1.73 bits per heavy atom. The second-order valence-corrected chi connectivity index (χ2v) is 6.94. The van der Waals surface area contributed by atoms with Crippen molar-refractivity contribution in [1.29, 1.82) is 0 Å². The molecule has 0 saturated carbocycles. The average Bonchev–Trinajstić information content (AvgIpc) is 2.62. The maximum atomic E-state index is 13.1. The van der Waals surface area contributed by atoms with Gasteiger partial charge in [-0.15, -0.1) is 0 Å². The molecule has 0 aliphatic heterocycles. The van der Waals surface area contributed by atoms with Crippen molar-refractivity contribution < 1.29 is 4.79 Å². The first kappa shape index (κ1) is 17.0. The summed E-state index contributed by atoms with van der Waals surface area (Å²) in [5.74, 6) is -0.508. The van der Waals surface area contributed by atoms with E-state index in [2.05, 4.69) is 4.98 Å². The van der Waals surface area contributed by atoms with Crippen LogP contribution in [0.2, 0.25) is 10.0 Å². The zero-order chi connectivity index (χ0) is 18.4. The molecular formula is C19H10Cl2N2O2S. The van der Waals surface area contributed by atoms with E-state index in [-0.39, 0.29) is 15.2 Å². The quantitative estimate of drug-likeness (QED) is 0.446. The molecule has 4 nitrogen and oxygen atoms in total. The molecule has 0 saturated heterocycles. The van der Waals surface area contributed by atoms with E-state index < -0.39 is 11.5 Å². The number of carbonyl (C=O) groups is 1. The minimum atomic E-state index is -0.564. The van der Waals surface area contributed by atoms with E-state index in [1.54, 1.807) is 12.1 Å². The Balaban J connectivity index is 2.04. The summed E-state index contributed by atoms with van der Waals surface area (Å²) in [4.78, 5) is 28.9. The Bertz CT molecular complexity index is 1320. The van der Waals surface area contributed by atoms with Crippen LogP contribution in [0.1, 0.15) is 10.4 Å². The highest BCUT2D eigenvalue weighted by Crippen LogP contribution is 2.25. The molecule has 1 aromatic heterocycles. The number of halogens is 2. The fourth-order valence-electron chi connectivity index (χ4n) is 2.96. The summed E-state index contributed by atoms with van der Waals surface area (Å²) in [5.41, 5.74) is 0.177. The van der Waals surface area contributed by atoms with Gasteiger partial charge in [0.05, 0.1) is 15.9 Å². The van der Waals surface area contributed by atoms with Crippen molar-refractivity contribution in [3.05, 3.63) is 85.3 Å². The van der Waals surface area contributed by atoms with Crippen molar-refractivity contribution in [2.45, 2.75) is 0 Å². The van der Waals surface area contributed by atoms with Crippen LogP contribution in [0.4, 0.5) is 0 Å². The highest BCUT2D eigenvalue weighted by molar-refractivity contribution is 7.71. The molecular weight excluding hydrogens is 391 g/mol. The Kier molecular flexibility index (Phi) is 4.15. The van der Waals surface area contributed by atoms with Crippen LogP contribution in [0, 0.1) is 4.77 Å². The van der Waals surface area contributed by atoms with E-state index in [4.69, 9.17) is 35.4 Å². The molecule has 0 atom stereocenters. The van der Waals surface area contributed by atoms with Gasteiger partial charge in [-0.1, -0.05) is 59.6 Å². The summed E-state index contributed by atoms with van der Waals surface area (Å²) in [7, 11) is 0. The molecule has 128 valence electrons. The molecule has 4 aromatic rings. The first-order chi connectivity index (χ1) is 12.5. The van der Waals surface area contributed by atoms with Gasteiger partial charge < -0.3 is 4.98 Å². The fraction of sp³-hybridized carbons (Fsp3) is 0. The van der Waals surface area contributed by atoms with Gasteiger partial charge in [-0.25, -0.2) is 4.57 Å². The zero-order valence-corrected chi connectivity index (χ0v) is 15.5. The molecule has 1 N–H and O–H groups in total. The Morgan fingerprint density at radius 3 is 2.54 bits per heavy atom. The number of benzene rings is 3. The Morgan fingerprint density at radius 1 is 1.00 bits per heavy atom. The molecule has 0 radical (unpaired) electrons. The molecule has 0 bridgehead atoms. The molecule has 26 heavy (non-hydrogen) atoms. The van der Waals surface area contributed by atoms with Crippen molar-refractivity contribution in [3.8, 4) is 0 Å². The predicted molar refractivity (Wildman–Crippen MR) is 107 cm³/mol. The van der Waals surface area contributed by atoms with Crippen LogP contribution in [-0.2, 0) is 0 Å². The summed E-state index contributed by atoms with van der Waals surface area (Å²) in [6.45, 7) is 0. The lowest BCUT2D eigenvalue weighted by molar-refractivity contribution is 0.0955. The lowest BCUT2D eigenvalue weighted by atomic mass is 10.0. The summed E-state index contributed by atoms with van der Waals surface area (Å²) in [5, 5.41) is 2.40. The van der Waals surface area contributed by atoms with Crippen LogP contribution in [0.25, 0.3) is 21.7 Å². The second kappa shape index (κ2) is 6.36. The van der Waals surface area contributed by atoms with E-state index in [9.17, 15) is 9.59 Å². The molecule has 1 heterocycles. The van der Waals surface area contributed by atoms with Crippen molar-refractivity contribution in [1.82, 2.24) is 9.55 Å². The zero-order valence-electron chi connectivity index (χ0n) is 13.1. The second-order valence-electron chi connectivity index (χ2n) is 5.71. The van der Waals surface area contributed by atoms with Crippen molar-refractivity contribution >= 4 is 63.0 Å². The summed E-state index contributed by atoms with van der Waals surface area (Å²) < 4.78 is 0.913. The number of nitrogens with zero attached hydrogens (tertiary/aromatic N) is 1. The molecule has 0 aliphatic rings. The number of carbonyl (C=O) groups excluding carboxylic acids is 1. The van der Waals surface area contributed by atoms with Crippen LogP contribution in [0.5, 0.6) is 0 Å². The van der Waals surface area contributed by atoms with Crippen molar-refractivity contribution in [2.75, 3.05) is 0 Å². The van der Waals surface area contributed by atoms with Gasteiger partial charge in [-0.05, 0) is 41.2 Å². The van der Waals surface area contributed by atoms with Crippen LogP contribution in [0.3, 0.4) is 0 Å². The molecule has 0 aliphatic carbocycles. The van der Waals surface area contributed by atoms with E-state index in [1.807, 2.05) is 30.3 Å². The third kappa shape index (κ3) is 2.65. The first-order valence-corrected chi connectivity index (χ1v) is 8.80. The van der Waals surface area contributed by atoms with Crippen LogP contribution in [0.15, 0.2) is 59.4 Å². The highest BCUT2D eigenvalue weighted by Gasteiger charge is 2.18. The Labute approximate surface area is 162 Å². The standard InChI is InChI=1S/C19H10Cl2N2O2S/c20-11-8-14-16(15(21)9-11)22-19(26)23(18(14)25)17(24)13-7-3-5-10-4-1-2-6-12(10)13/h1-9H,(H,22,26). The largest absolute Gasteiger partial charge is 0.330 e. The number of H-pyrrole nitrogens is 1. The lowest BCUT2D eigenvalue weighted by Crippen LogP contribution is -2.29. The number of aromatic amines is 1. The SMILES string of the molecule is O=C(c1cccc2ccccc12)n1c(=S)[nH]c2c(Cl)cc(Cl)cc2c1=O. The Hall–Kier alpha value is -2.47. The number of hydrogen-bond donors (Lipinski definition) is 1. The molecule has 0 amide bonds. The molecule has 0 unspecified atom stereocenters. The topological polar surface area (TPSA) is 54.9 Å². The molecule has 0 spiro atoms. The molecule has 7 heteroatoms. The summed E-state index contributed by atoms with van der Waals surface area (Å²) in [6, 6.07) is 15.7. The van der Waals surface area contributed by atoms with Gasteiger partial charge >= 0.3 is 0 Å². The van der Waals surface area contributed by atoms with Crippen molar-refractivity contribution in [2.24, 2.45) is 0 Å². The number of aromatic nitrogens is 2. The monoisotopic (exact) mass is 400 g/mol. The number of nitrogens with one attached hydrogen (secondary N) is 1. The van der Waals surface area contributed by atoms with Gasteiger partial charge in [0.1, 0.15) is 0 Å². The van der Waals surface area contributed by atoms with Crippen LogP contribution >= 0.6 is 35.4 Å². The van der Waals surface area contributed by atoms with Gasteiger partial charge in [-0.2, -0.15) is 0 Å². The predicted octanol–water partition coefficient (Wildman–Crippen LogP) is 5.21. The van der Waals surface area contributed by atoms with Crippen LogP contribution < -0.4 is 5.56 Å². The minimum absolute atomic E-state index is 0.0235. The van der Waals surface area contributed by atoms with Crippen molar-refractivity contribution in [3.63, 3.8) is 0 Å². The maximum Gasteiger partial charge on any atom is 0.269 e. The first-order valence-electron chi connectivity index (χ1n) is 7.64. The average molecular weight is 401 g/mol. The third-order valence-electron chi connectivity index (χ3n) is 4.15. The van der Waals surface area contributed by atoms with Gasteiger partial charge in [0.2, 0.25) is 0 Å². The van der Waals surface area contributed by atoms with Gasteiger partial charge in [0, 0.05) is 10.6 Å². The van der Waals surface area contributed by atoms with E-state index >= 15 is 0 Å². The summed E-state index contributed by atoms with van der Waals surface area (Å²) >= 11 is 17.4. The molecule has 3 aromatic carbocycles. The molecule has 4 rings (SSSR count). The number of hydrogen-bond acceptors (Lipinski definition) is 3. The smallest absolute Gasteiger partial charge is 0.269 e. The van der Waals surface area contributed by atoms with E-state index in [0.29, 0.717) is 16.1 Å². The normalized spacial score (nSPS) is 11.2. The number of rotatable bonds is 1. The highest BCUT2D eigenvalue weighted by atomic mass is 35.5. The summed E-state index contributed by atoms with van der Waals surface area (Å²) in [6.07, 6.45) is 0. The lowest BCUT2D eigenvalue weighted by Gasteiger charge is -2.10. The van der Waals surface area contributed by atoms with Gasteiger partial charge in [0.15, 0.2) is 4.77 Å². The number of fused-ring (bicyclic) bond motifs is 2. The van der Waals surface area contributed by atoms with E-state index in [1.165, 1.54) is 12.1 Å². The minimum Gasteiger partial charge on any atom is -0.330 e. The fourth-order valence-corrected chi connectivity index (χ4v) is 3.77. The third-order valence-corrected chi connectivity index (χ3v) is 4.95. The maximum absolute atomic E-state index is 13.1.